The van der Waals surface area contributed by atoms with Crippen molar-refractivity contribution in [2.45, 2.75) is 44.2 Å². The molecule has 2 heterocycles. The van der Waals surface area contributed by atoms with Crippen molar-refractivity contribution in [3.63, 3.8) is 0 Å². The Hall–Kier alpha value is -1.87. The van der Waals surface area contributed by atoms with E-state index in [2.05, 4.69) is 42.5 Å². The Morgan fingerprint density at radius 1 is 1.04 bits per heavy atom. The Bertz CT molecular complexity index is 718. The summed E-state index contributed by atoms with van der Waals surface area (Å²) in [4.78, 5) is 14.5. The van der Waals surface area contributed by atoms with Crippen molar-refractivity contribution in [2.75, 3.05) is 13.2 Å². The van der Waals surface area contributed by atoms with Gasteiger partial charge in [0.2, 0.25) is 5.91 Å². The van der Waals surface area contributed by atoms with Crippen LogP contribution in [0.5, 0.6) is 0 Å². The number of ether oxygens (including phenoxy) is 1. The van der Waals surface area contributed by atoms with E-state index in [9.17, 15) is 4.79 Å². The summed E-state index contributed by atoms with van der Waals surface area (Å²) in [6.45, 7) is 2.38. The van der Waals surface area contributed by atoms with Crippen LogP contribution in [-0.4, -0.2) is 29.6 Å². The molecule has 120 valence electrons. The topological polar surface area (TPSA) is 29.5 Å². The van der Waals surface area contributed by atoms with E-state index < -0.39 is 0 Å². The number of hydrogen-bond acceptors (Lipinski definition) is 2. The van der Waals surface area contributed by atoms with Crippen LogP contribution in [0.1, 0.15) is 37.7 Å². The van der Waals surface area contributed by atoms with Gasteiger partial charge in [-0.15, -0.1) is 0 Å². The van der Waals surface area contributed by atoms with Crippen LogP contribution in [0.3, 0.4) is 0 Å². The predicted octanol–water partition coefficient (Wildman–Crippen LogP) is 3.90. The first kappa shape index (κ1) is 14.7. The van der Waals surface area contributed by atoms with Crippen LogP contribution >= 0.6 is 0 Å². The monoisotopic (exact) mass is 309 g/mol. The van der Waals surface area contributed by atoms with Gasteiger partial charge >= 0.3 is 0 Å². The fourth-order valence-electron chi connectivity index (χ4n) is 3.96. The minimum atomic E-state index is -0.0200. The van der Waals surface area contributed by atoms with Crippen molar-refractivity contribution in [1.82, 2.24) is 4.90 Å². The molecule has 2 aromatic carbocycles. The van der Waals surface area contributed by atoms with Gasteiger partial charge in [-0.2, -0.15) is 0 Å². The SMILES string of the molecule is O=C1CCC2(CCCO2)CCN1Cc1ccc2ccccc2c1. The number of carbonyl (C=O) groups excluding carboxylic acids is 1. The molecule has 3 nitrogen and oxygen atoms in total. The molecular weight excluding hydrogens is 286 g/mol. The van der Waals surface area contributed by atoms with E-state index in [-0.39, 0.29) is 11.5 Å². The molecule has 0 bridgehead atoms. The van der Waals surface area contributed by atoms with Crippen LogP contribution < -0.4 is 0 Å². The fraction of sp³-hybridized carbons (Fsp3) is 0.450. The van der Waals surface area contributed by atoms with Crippen LogP contribution in [0.15, 0.2) is 42.5 Å². The molecule has 1 spiro atoms. The maximum atomic E-state index is 12.5. The Labute approximate surface area is 137 Å². The Morgan fingerprint density at radius 2 is 1.91 bits per heavy atom. The van der Waals surface area contributed by atoms with Gasteiger partial charge in [0.25, 0.3) is 0 Å². The van der Waals surface area contributed by atoms with Gasteiger partial charge in [-0.25, -0.2) is 0 Å². The highest BCUT2D eigenvalue weighted by molar-refractivity contribution is 5.83. The maximum Gasteiger partial charge on any atom is 0.222 e. The van der Waals surface area contributed by atoms with Gasteiger partial charge in [-0.05, 0) is 48.1 Å². The van der Waals surface area contributed by atoms with Gasteiger partial charge in [0.1, 0.15) is 0 Å². The number of rotatable bonds is 2. The zero-order valence-electron chi connectivity index (χ0n) is 13.5. The molecule has 2 aliphatic heterocycles. The third-order valence-electron chi connectivity index (χ3n) is 5.36. The van der Waals surface area contributed by atoms with Gasteiger partial charge in [0.05, 0.1) is 5.60 Å². The van der Waals surface area contributed by atoms with Crippen LogP contribution in [0.2, 0.25) is 0 Å². The number of amides is 1. The molecule has 4 rings (SSSR count). The van der Waals surface area contributed by atoms with Gasteiger partial charge in [-0.3, -0.25) is 4.79 Å². The number of hydrogen-bond donors (Lipinski definition) is 0. The number of fused-ring (bicyclic) bond motifs is 1. The Kier molecular flexibility index (Phi) is 3.82. The molecule has 0 saturated carbocycles. The summed E-state index contributed by atoms with van der Waals surface area (Å²) >= 11 is 0. The van der Waals surface area contributed by atoms with Gasteiger partial charge in [0.15, 0.2) is 0 Å². The minimum Gasteiger partial charge on any atom is -0.375 e. The number of carbonyl (C=O) groups is 1. The molecular formula is C20H23NO2. The fourth-order valence-corrected chi connectivity index (χ4v) is 3.96. The van der Waals surface area contributed by atoms with Gasteiger partial charge in [-0.1, -0.05) is 36.4 Å². The summed E-state index contributed by atoms with van der Waals surface area (Å²) in [5, 5.41) is 2.49. The molecule has 0 radical (unpaired) electrons. The lowest BCUT2D eigenvalue weighted by Crippen LogP contribution is -2.32. The molecule has 2 saturated heterocycles. The molecule has 1 atom stereocenters. The van der Waals surface area contributed by atoms with E-state index in [4.69, 9.17) is 4.74 Å². The molecule has 1 unspecified atom stereocenters. The number of nitrogens with zero attached hydrogens (tertiary/aromatic N) is 1. The lowest BCUT2D eigenvalue weighted by atomic mass is 9.92. The van der Waals surface area contributed by atoms with Crippen molar-refractivity contribution in [3.05, 3.63) is 48.0 Å². The second-order valence-electron chi connectivity index (χ2n) is 6.88. The first-order valence-electron chi connectivity index (χ1n) is 8.64. The summed E-state index contributed by atoms with van der Waals surface area (Å²) in [7, 11) is 0. The van der Waals surface area contributed by atoms with E-state index >= 15 is 0 Å². The summed E-state index contributed by atoms with van der Waals surface area (Å²) in [5.74, 6) is 0.269. The third kappa shape index (κ3) is 2.98. The van der Waals surface area contributed by atoms with Crippen molar-refractivity contribution >= 4 is 16.7 Å². The molecule has 0 aliphatic carbocycles. The molecule has 3 heteroatoms. The average Bonchev–Trinajstić information content (AvgIpc) is 2.99. The zero-order valence-corrected chi connectivity index (χ0v) is 13.5. The van der Waals surface area contributed by atoms with Crippen LogP contribution in [0.25, 0.3) is 10.8 Å². The van der Waals surface area contributed by atoms with E-state index in [0.717, 1.165) is 38.8 Å². The second kappa shape index (κ2) is 5.97. The molecule has 0 aromatic heterocycles. The predicted molar refractivity (Wildman–Crippen MR) is 91.1 cm³/mol. The van der Waals surface area contributed by atoms with Crippen molar-refractivity contribution < 1.29 is 9.53 Å². The number of likely N-dealkylation sites (tertiary alicyclic amines) is 1. The standard InChI is InChI=1S/C20H23NO2/c22-19-8-10-20(9-3-13-23-20)11-12-21(19)15-16-6-7-17-4-1-2-5-18(17)14-16/h1-2,4-7,14H,3,8-13,15H2. The Balaban J connectivity index is 1.51. The van der Waals surface area contributed by atoms with E-state index in [0.29, 0.717) is 13.0 Å². The highest BCUT2D eigenvalue weighted by Crippen LogP contribution is 2.36. The molecule has 23 heavy (non-hydrogen) atoms. The molecule has 2 fully saturated rings. The largest absolute Gasteiger partial charge is 0.375 e. The molecule has 0 N–H and O–H groups in total. The highest BCUT2D eigenvalue weighted by Gasteiger charge is 2.38. The van der Waals surface area contributed by atoms with Crippen LogP contribution in [0, 0.1) is 0 Å². The average molecular weight is 309 g/mol. The number of benzene rings is 2. The first-order chi connectivity index (χ1) is 11.2. The van der Waals surface area contributed by atoms with Crippen LogP contribution in [0.4, 0.5) is 0 Å². The highest BCUT2D eigenvalue weighted by atomic mass is 16.5. The lowest BCUT2D eigenvalue weighted by molar-refractivity contribution is -0.131. The summed E-state index contributed by atoms with van der Waals surface area (Å²) in [6, 6.07) is 14.9. The summed E-state index contributed by atoms with van der Waals surface area (Å²) in [6.07, 6.45) is 4.74. The lowest BCUT2D eigenvalue weighted by Gasteiger charge is -2.26. The summed E-state index contributed by atoms with van der Waals surface area (Å²) in [5.41, 5.74) is 1.19. The quantitative estimate of drug-likeness (QED) is 0.842. The third-order valence-corrected chi connectivity index (χ3v) is 5.36. The van der Waals surface area contributed by atoms with E-state index in [1.54, 1.807) is 0 Å². The molecule has 1 amide bonds. The van der Waals surface area contributed by atoms with Crippen molar-refractivity contribution in [1.29, 1.82) is 0 Å². The van der Waals surface area contributed by atoms with Crippen LogP contribution in [-0.2, 0) is 16.1 Å². The van der Waals surface area contributed by atoms with Crippen molar-refractivity contribution in [3.8, 4) is 0 Å². The summed E-state index contributed by atoms with van der Waals surface area (Å²) < 4.78 is 5.99. The molecule has 2 aliphatic rings. The normalized spacial score (nSPS) is 25.2. The zero-order chi connectivity index (χ0) is 15.7. The van der Waals surface area contributed by atoms with E-state index in [1.807, 2.05) is 4.90 Å². The maximum absolute atomic E-state index is 12.5. The Morgan fingerprint density at radius 3 is 2.74 bits per heavy atom. The van der Waals surface area contributed by atoms with Gasteiger partial charge in [0, 0.05) is 26.1 Å². The van der Waals surface area contributed by atoms with Gasteiger partial charge < -0.3 is 9.64 Å². The van der Waals surface area contributed by atoms with E-state index in [1.165, 1.54) is 16.3 Å². The minimum absolute atomic E-state index is 0.0200. The molecule has 2 aromatic rings. The van der Waals surface area contributed by atoms with Crippen molar-refractivity contribution in [2.24, 2.45) is 0 Å². The second-order valence-corrected chi connectivity index (χ2v) is 6.88. The first-order valence-corrected chi connectivity index (χ1v) is 8.64. The smallest absolute Gasteiger partial charge is 0.222 e.